The molecule has 0 fully saturated rings. The molecule has 7 heteroatoms. The minimum absolute atomic E-state index is 0. The molecule has 30 heavy (non-hydrogen) atoms. The van der Waals surface area contributed by atoms with Crippen LogP contribution < -0.4 is 10.5 Å². The van der Waals surface area contributed by atoms with Gasteiger partial charge in [-0.1, -0.05) is 0 Å². The number of nitrogens with zero attached hydrogens (tertiary/aromatic N) is 3. The van der Waals surface area contributed by atoms with Crippen LogP contribution in [0.5, 0.6) is 11.5 Å². The number of aromatic hydroxyl groups is 1. The molecule has 0 saturated carbocycles. The highest BCUT2D eigenvalue weighted by Gasteiger charge is 2.09. The number of hydrogen-bond donors (Lipinski definition) is 2. The van der Waals surface area contributed by atoms with Crippen molar-refractivity contribution in [3.8, 4) is 11.5 Å². The zero-order valence-electron chi connectivity index (χ0n) is 17.1. The summed E-state index contributed by atoms with van der Waals surface area (Å²) in [4.78, 5) is 4.73. The first kappa shape index (κ1) is 21.0. The number of phenols is 1. The van der Waals surface area contributed by atoms with Gasteiger partial charge in [-0.25, -0.2) is 4.98 Å². The van der Waals surface area contributed by atoms with E-state index >= 15 is 0 Å². The number of aromatic nitrogens is 1. The summed E-state index contributed by atoms with van der Waals surface area (Å²) in [5, 5.41) is 20.2. The van der Waals surface area contributed by atoms with Gasteiger partial charge in [0.25, 0.3) is 0 Å². The van der Waals surface area contributed by atoms with Crippen LogP contribution in [0, 0.1) is 13.8 Å². The largest absolute Gasteiger partial charge is 0.508 e. The van der Waals surface area contributed by atoms with Crippen LogP contribution in [-0.4, -0.2) is 22.2 Å². The van der Waals surface area contributed by atoms with Crippen molar-refractivity contribution in [1.82, 2.24) is 4.98 Å². The zero-order chi connectivity index (χ0) is 20.5. The van der Waals surface area contributed by atoms with E-state index in [0.717, 1.165) is 44.4 Å². The number of pyridine rings is 1. The lowest BCUT2D eigenvalue weighted by Gasteiger charge is -2.09. The standard InChI is InChI=1S/C23H22N4O2.H2O/c1-4-29-17-6-8-20-19(12-17)22(24)18-7-5-15(11-21(18)25-20)26-27-23-13(2)9-16(28)10-14(23)3;/h5-12,28H,4H2,1-3H3,(H2,24,25);1H2. The molecule has 0 radical (unpaired) electrons. The molecule has 0 aliphatic heterocycles. The Morgan fingerprint density at radius 3 is 2.37 bits per heavy atom. The van der Waals surface area contributed by atoms with E-state index in [4.69, 9.17) is 15.5 Å². The molecule has 3 aromatic carbocycles. The Morgan fingerprint density at radius 2 is 1.67 bits per heavy atom. The van der Waals surface area contributed by atoms with Crippen molar-refractivity contribution in [3.05, 3.63) is 59.7 Å². The molecule has 0 saturated heterocycles. The van der Waals surface area contributed by atoms with Gasteiger partial charge in [0, 0.05) is 10.8 Å². The Kier molecular flexibility index (Phi) is 5.84. The maximum atomic E-state index is 9.68. The van der Waals surface area contributed by atoms with E-state index in [-0.39, 0.29) is 11.2 Å². The molecule has 0 aliphatic carbocycles. The Hall–Kier alpha value is -3.71. The van der Waals surface area contributed by atoms with E-state index in [0.29, 0.717) is 18.0 Å². The number of fused-ring (bicyclic) bond motifs is 2. The molecular formula is C23H24N4O3. The Bertz CT molecular complexity index is 1250. The van der Waals surface area contributed by atoms with E-state index in [1.165, 1.54) is 0 Å². The minimum Gasteiger partial charge on any atom is -0.508 e. The number of azo groups is 1. The van der Waals surface area contributed by atoms with Gasteiger partial charge in [-0.05, 0) is 80.4 Å². The molecular weight excluding hydrogens is 380 g/mol. The normalized spacial score (nSPS) is 11.2. The number of rotatable bonds is 4. The van der Waals surface area contributed by atoms with Gasteiger partial charge < -0.3 is 21.1 Å². The molecule has 0 unspecified atom stereocenters. The quantitative estimate of drug-likeness (QED) is 0.354. The third-order valence-corrected chi connectivity index (χ3v) is 4.82. The lowest BCUT2D eigenvalue weighted by molar-refractivity contribution is 0.341. The summed E-state index contributed by atoms with van der Waals surface area (Å²) in [5.74, 6) is 1.00. The lowest BCUT2D eigenvalue weighted by Crippen LogP contribution is -1.95. The first-order valence-electron chi connectivity index (χ1n) is 9.44. The number of phenolic OH excluding ortho intramolecular Hbond substituents is 1. The molecule has 0 atom stereocenters. The second-order valence-electron chi connectivity index (χ2n) is 6.97. The summed E-state index contributed by atoms with van der Waals surface area (Å²) in [5.41, 5.74) is 11.8. The van der Waals surface area contributed by atoms with E-state index in [1.807, 2.05) is 57.2 Å². The lowest BCUT2D eigenvalue weighted by atomic mass is 10.1. The van der Waals surface area contributed by atoms with Gasteiger partial charge >= 0.3 is 0 Å². The molecule has 0 aliphatic rings. The monoisotopic (exact) mass is 404 g/mol. The number of benzene rings is 3. The summed E-state index contributed by atoms with van der Waals surface area (Å²) in [6.07, 6.45) is 0. The Morgan fingerprint density at radius 1 is 0.933 bits per heavy atom. The van der Waals surface area contributed by atoms with Crippen LogP contribution in [0.2, 0.25) is 0 Å². The summed E-state index contributed by atoms with van der Waals surface area (Å²) in [6, 6.07) is 14.7. The first-order valence-corrected chi connectivity index (χ1v) is 9.44. The van der Waals surface area contributed by atoms with Crippen LogP contribution in [0.3, 0.4) is 0 Å². The minimum atomic E-state index is 0. The van der Waals surface area contributed by atoms with Gasteiger partial charge in [0.05, 0.1) is 34.7 Å². The smallest absolute Gasteiger partial charge is 0.120 e. The van der Waals surface area contributed by atoms with Crippen LogP contribution in [0.25, 0.3) is 21.8 Å². The van der Waals surface area contributed by atoms with Gasteiger partial charge in [0.15, 0.2) is 0 Å². The Balaban J connectivity index is 0.00000256. The maximum Gasteiger partial charge on any atom is 0.120 e. The van der Waals surface area contributed by atoms with E-state index in [1.54, 1.807) is 12.1 Å². The van der Waals surface area contributed by atoms with Gasteiger partial charge in [-0.3, -0.25) is 0 Å². The molecule has 0 bridgehead atoms. The summed E-state index contributed by atoms with van der Waals surface area (Å²) >= 11 is 0. The SMILES string of the molecule is CCOc1ccc2nc3cc(N=Nc4c(C)cc(O)cc4C)ccc3c(N)c2c1.O. The van der Waals surface area contributed by atoms with Crippen molar-refractivity contribution in [3.63, 3.8) is 0 Å². The average Bonchev–Trinajstić information content (AvgIpc) is 2.68. The molecule has 1 heterocycles. The van der Waals surface area contributed by atoms with Crippen molar-refractivity contribution in [1.29, 1.82) is 0 Å². The third kappa shape index (κ3) is 3.88. The number of nitrogens with two attached hydrogens (primary N) is 1. The van der Waals surface area contributed by atoms with E-state index in [9.17, 15) is 5.11 Å². The van der Waals surface area contributed by atoms with Crippen molar-refractivity contribution < 1.29 is 15.3 Å². The highest BCUT2D eigenvalue weighted by molar-refractivity contribution is 6.07. The predicted octanol–water partition coefficient (Wildman–Crippen LogP) is 5.28. The van der Waals surface area contributed by atoms with Gasteiger partial charge in [0.2, 0.25) is 0 Å². The number of hydrogen-bond acceptors (Lipinski definition) is 6. The second kappa shape index (κ2) is 8.34. The molecule has 0 spiro atoms. The number of aryl methyl sites for hydroxylation is 2. The number of ether oxygens (including phenoxy) is 1. The van der Waals surface area contributed by atoms with Gasteiger partial charge in [-0.2, -0.15) is 10.2 Å². The average molecular weight is 404 g/mol. The molecule has 5 N–H and O–H groups in total. The molecule has 1 aromatic heterocycles. The topological polar surface area (TPSA) is 125 Å². The first-order chi connectivity index (χ1) is 14.0. The van der Waals surface area contributed by atoms with E-state index < -0.39 is 0 Å². The zero-order valence-corrected chi connectivity index (χ0v) is 17.1. The van der Waals surface area contributed by atoms with Crippen molar-refractivity contribution >= 4 is 38.9 Å². The van der Waals surface area contributed by atoms with Crippen molar-refractivity contribution in [2.75, 3.05) is 12.3 Å². The highest BCUT2D eigenvalue weighted by Crippen LogP contribution is 2.34. The molecule has 4 rings (SSSR count). The van der Waals surface area contributed by atoms with Crippen molar-refractivity contribution in [2.45, 2.75) is 20.8 Å². The fourth-order valence-electron chi connectivity index (χ4n) is 3.46. The molecule has 154 valence electrons. The number of nitrogen functional groups attached to an aromatic ring is 1. The fourth-order valence-corrected chi connectivity index (χ4v) is 3.46. The van der Waals surface area contributed by atoms with Crippen LogP contribution >= 0.6 is 0 Å². The summed E-state index contributed by atoms with van der Waals surface area (Å²) < 4.78 is 5.57. The molecule has 0 amide bonds. The van der Waals surface area contributed by atoms with E-state index in [2.05, 4.69) is 10.2 Å². The van der Waals surface area contributed by atoms with Crippen LogP contribution in [-0.2, 0) is 0 Å². The van der Waals surface area contributed by atoms with Gasteiger partial charge in [0.1, 0.15) is 11.5 Å². The summed E-state index contributed by atoms with van der Waals surface area (Å²) in [6.45, 7) is 6.34. The maximum absolute atomic E-state index is 9.68. The molecule has 4 aromatic rings. The Labute approximate surface area is 174 Å². The molecule has 7 nitrogen and oxygen atoms in total. The van der Waals surface area contributed by atoms with Crippen molar-refractivity contribution in [2.24, 2.45) is 10.2 Å². The highest BCUT2D eigenvalue weighted by atomic mass is 16.5. The summed E-state index contributed by atoms with van der Waals surface area (Å²) in [7, 11) is 0. The van der Waals surface area contributed by atoms with Crippen LogP contribution in [0.4, 0.5) is 17.1 Å². The van der Waals surface area contributed by atoms with Gasteiger partial charge in [-0.15, -0.1) is 0 Å². The fraction of sp³-hybridized carbons (Fsp3) is 0.174. The third-order valence-electron chi connectivity index (χ3n) is 4.82. The number of anilines is 1. The van der Waals surface area contributed by atoms with Crippen LogP contribution in [0.1, 0.15) is 18.1 Å². The second-order valence-corrected chi connectivity index (χ2v) is 6.97. The van der Waals surface area contributed by atoms with Crippen LogP contribution in [0.15, 0.2) is 58.8 Å². The predicted molar refractivity (Wildman–Crippen MR) is 120 cm³/mol.